The molecule has 0 atom stereocenters. The Morgan fingerprint density at radius 2 is 1.88 bits per heavy atom. The van der Waals surface area contributed by atoms with Gasteiger partial charge in [-0.05, 0) is 30.3 Å². The zero-order valence-corrected chi connectivity index (χ0v) is 15.4. The first kappa shape index (κ1) is 17.0. The molecule has 0 aliphatic heterocycles. The number of aromatic nitrogens is 2. The fraction of sp³-hybridized carbons (Fsp3) is 0.0588. The molecule has 3 aromatic rings. The van der Waals surface area contributed by atoms with E-state index < -0.39 is 0 Å². The summed E-state index contributed by atoms with van der Waals surface area (Å²) >= 11 is 15.7. The molecule has 1 N–H and O–H groups in total. The van der Waals surface area contributed by atoms with Crippen molar-refractivity contribution >= 4 is 50.7 Å². The van der Waals surface area contributed by atoms with Crippen molar-refractivity contribution in [3.05, 3.63) is 80.5 Å². The molecule has 0 bridgehead atoms. The number of hydrogen-bond acceptors (Lipinski definition) is 2. The van der Waals surface area contributed by atoms with Crippen LogP contribution in [0.15, 0.2) is 59.3 Å². The van der Waals surface area contributed by atoms with Crippen molar-refractivity contribution in [2.24, 2.45) is 0 Å². The summed E-state index contributed by atoms with van der Waals surface area (Å²) in [5.41, 5.74) is 1.95. The number of carbonyl (C=O) groups excluding carboxylic acids is 1. The van der Waals surface area contributed by atoms with Gasteiger partial charge in [0.15, 0.2) is 0 Å². The minimum Gasteiger partial charge on any atom is -0.319 e. The van der Waals surface area contributed by atoms with E-state index in [4.69, 9.17) is 23.2 Å². The van der Waals surface area contributed by atoms with Gasteiger partial charge in [0.1, 0.15) is 0 Å². The van der Waals surface area contributed by atoms with Gasteiger partial charge in [0, 0.05) is 31.8 Å². The fourth-order valence-corrected chi connectivity index (χ4v) is 3.11. The van der Waals surface area contributed by atoms with E-state index in [1.54, 1.807) is 47.4 Å². The first-order chi connectivity index (χ1) is 11.5. The molecule has 0 saturated carbocycles. The van der Waals surface area contributed by atoms with Crippen LogP contribution in [0.1, 0.15) is 15.9 Å². The topological polar surface area (TPSA) is 46.9 Å². The van der Waals surface area contributed by atoms with Crippen LogP contribution in [0.25, 0.3) is 0 Å². The second kappa shape index (κ2) is 7.38. The lowest BCUT2D eigenvalue weighted by molar-refractivity contribution is 0.102. The molecule has 122 valence electrons. The summed E-state index contributed by atoms with van der Waals surface area (Å²) in [5, 5.41) is 8.21. The van der Waals surface area contributed by atoms with Crippen LogP contribution < -0.4 is 5.32 Å². The number of nitrogens with zero attached hydrogens (tertiary/aromatic N) is 2. The standard InChI is InChI=1S/C17H12BrCl2N3O/c18-12-4-1-3-11(7-12)17(24)22-13-8-21-23(9-13)10-14-15(19)5-2-6-16(14)20/h1-9H,10H2,(H,22,24). The fourth-order valence-electron chi connectivity index (χ4n) is 2.19. The van der Waals surface area contributed by atoms with E-state index in [-0.39, 0.29) is 5.91 Å². The molecule has 1 aromatic heterocycles. The highest BCUT2D eigenvalue weighted by molar-refractivity contribution is 9.10. The molecule has 0 unspecified atom stereocenters. The van der Waals surface area contributed by atoms with E-state index in [1.165, 1.54) is 0 Å². The van der Waals surface area contributed by atoms with Gasteiger partial charge in [-0.15, -0.1) is 0 Å². The number of rotatable bonds is 4. The summed E-state index contributed by atoms with van der Waals surface area (Å²) in [5.74, 6) is -0.202. The molecule has 3 rings (SSSR count). The molecule has 1 heterocycles. The van der Waals surface area contributed by atoms with Gasteiger partial charge in [0.2, 0.25) is 0 Å². The zero-order valence-electron chi connectivity index (χ0n) is 12.3. The van der Waals surface area contributed by atoms with Gasteiger partial charge in [-0.2, -0.15) is 5.10 Å². The molecule has 7 heteroatoms. The average Bonchev–Trinajstić information content (AvgIpc) is 2.98. The second-order valence-corrected chi connectivity index (χ2v) is 6.82. The average molecular weight is 425 g/mol. The summed E-state index contributed by atoms with van der Waals surface area (Å²) < 4.78 is 2.52. The van der Waals surface area contributed by atoms with Gasteiger partial charge in [-0.3, -0.25) is 9.48 Å². The first-order valence-corrected chi connectivity index (χ1v) is 8.60. The number of carbonyl (C=O) groups is 1. The number of hydrogen-bond donors (Lipinski definition) is 1. The van der Waals surface area contributed by atoms with E-state index in [1.807, 2.05) is 12.1 Å². The van der Waals surface area contributed by atoms with Crippen molar-refractivity contribution in [2.45, 2.75) is 6.54 Å². The minimum absolute atomic E-state index is 0.202. The predicted molar refractivity (Wildman–Crippen MR) is 99.9 cm³/mol. The van der Waals surface area contributed by atoms with E-state index in [0.717, 1.165) is 10.0 Å². The molecule has 2 aromatic carbocycles. The maximum Gasteiger partial charge on any atom is 0.255 e. The normalized spacial score (nSPS) is 10.6. The van der Waals surface area contributed by atoms with Crippen LogP contribution in [0.4, 0.5) is 5.69 Å². The zero-order chi connectivity index (χ0) is 17.1. The van der Waals surface area contributed by atoms with Gasteiger partial charge < -0.3 is 5.32 Å². The highest BCUT2D eigenvalue weighted by Gasteiger charge is 2.10. The minimum atomic E-state index is -0.202. The molecule has 1 amide bonds. The summed E-state index contributed by atoms with van der Waals surface area (Å²) in [4.78, 5) is 12.2. The molecule has 24 heavy (non-hydrogen) atoms. The van der Waals surface area contributed by atoms with E-state index in [9.17, 15) is 4.79 Å². The highest BCUT2D eigenvalue weighted by Crippen LogP contribution is 2.25. The Kier molecular flexibility index (Phi) is 5.23. The molecule has 0 aliphatic rings. The predicted octanol–water partition coefficient (Wildman–Crippen LogP) is 5.25. The Hall–Kier alpha value is -1.82. The number of amides is 1. The van der Waals surface area contributed by atoms with Gasteiger partial charge >= 0.3 is 0 Å². The van der Waals surface area contributed by atoms with E-state index in [2.05, 4.69) is 26.3 Å². The molecule has 0 aliphatic carbocycles. The second-order valence-electron chi connectivity index (χ2n) is 5.09. The third kappa shape index (κ3) is 3.98. The van der Waals surface area contributed by atoms with Gasteiger partial charge in [0.25, 0.3) is 5.91 Å². The first-order valence-electron chi connectivity index (χ1n) is 7.05. The van der Waals surface area contributed by atoms with Crippen LogP contribution in [0.3, 0.4) is 0 Å². The van der Waals surface area contributed by atoms with E-state index in [0.29, 0.717) is 27.8 Å². The molecular weight excluding hydrogens is 413 g/mol. The Morgan fingerprint density at radius 1 is 1.17 bits per heavy atom. The van der Waals surface area contributed by atoms with Gasteiger partial charge in [-0.25, -0.2) is 0 Å². The molecule has 0 spiro atoms. The molecule has 4 nitrogen and oxygen atoms in total. The van der Waals surface area contributed by atoms with Gasteiger partial charge in [0.05, 0.1) is 18.4 Å². The van der Waals surface area contributed by atoms with Crippen LogP contribution in [0, 0.1) is 0 Å². The largest absolute Gasteiger partial charge is 0.319 e. The van der Waals surface area contributed by atoms with Crippen LogP contribution >= 0.6 is 39.1 Å². The number of nitrogens with one attached hydrogen (secondary N) is 1. The van der Waals surface area contributed by atoms with Crippen molar-refractivity contribution in [2.75, 3.05) is 5.32 Å². The Balaban J connectivity index is 1.73. The Labute approximate surface area is 157 Å². The third-order valence-corrected chi connectivity index (χ3v) is 4.56. The Bertz CT molecular complexity index is 875. The Morgan fingerprint density at radius 3 is 2.58 bits per heavy atom. The van der Waals surface area contributed by atoms with Crippen LogP contribution in [0.2, 0.25) is 10.0 Å². The van der Waals surface area contributed by atoms with Gasteiger partial charge in [-0.1, -0.05) is 51.3 Å². The maximum absolute atomic E-state index is 12.2. The smallest absolute Gasteiger partial charge is 0.255 e. The lowest BCUT2D eigenvalue weighted by atomic mass is 10.2. The van der Waals surface area contributed by atoms with Crippen molar-refractivity contribution in [3.8, 4) is 0 Å². The summed E-state index contributed by atoms with van der Waals surface area (Å²) in [6.45, 7) is 0.422. The molecule has 0 radical (unpaired) electrons. The number of halogens is 3. The number of benzene rings is 2. The summed E-state index contributed by atoms with van der Waals surface area (Å²) in [6, 6.07) is 12.5. The third-order valence-electron chi connectivity index (χ3n) is 3.36. The summed E-state index contributed by atoms with van der Waals surface area (Å²) in [7, 11) is 0. The lowest BCUT2D eigenvalue weighted by Crippen LogP contribution is -2.11. The highest BCUT2D eigenvalue weighted by atomic mass is 79.9. The van der Waals surface area contributed by atoms with Crippen LogP contribution in [-0.2, 0) is 6.54 Å². The lowest BCUT2D eigenvalue weighted by Gasteiger charge is -2.07. The molecule has 0 saturated heterocycles. The quantitative estimate of drug-likeness (QED) is 0.621. The van der Waals surface area contributed by atoms with Crippen molar-refractivity contribution in [1.29, 1.82) is 0 Å². The molecule has 0 fully saturated rings. The number of anilines is 1. The van der Waals surface area contributed by atoms with Crippen molar-refractivity contribution in [1.82, 2.24) is 9.78 Å². The van der Waals surface area contributed by atoms with E-state index >= 15 is 0 Å². The monoisotopic (exact) mass is 423 g/mol. The van der Waals surface area contributed by atoms with Crippen molar-refractivity contribution < 1.29 is 4.79 Å². The van der Waals surface area contributed by atoms with Crippen LogP contribution in [-0.4, -0.2) is 15.7 Å². The SMILES string of the molecule is O=C(Nc1cnn(Cc2c(Cl)cccc2Cl)c1)c1cccc(Br)c1. The van der Waals surface area contributed by atoms with Crippen LogP contribution in [0.5, 0.6) is 0 Å². The summed E-state index contributed by atoms with van der Waals surface area (Å²) in [6.07, 6.45) is 3.32. The van der Waals surface area contributed by atoms with Crippen molar-refractivity contribution in [3.63, 3.8) is 0 Å². The maximum atomic E-state index is 12.2. The molecular formula is C17H12BrCl2N3O.